The van der Waals surface area contributed by atoms with Crippen LogP contribution >= 0.6 is 0 Å². The molecule has 0 aromatic heterocycles. The minimum absolute atomic E-state index is 0.0537. The molecule has 0 amide bonds. The van der Waals surface area contributed by atoms with Gasteiger partial charge in [0.15, 0.2) is 11.5 Å². The molecule has 2 atom stereocenters. The summed E-state index contributed by atoms with van der Waals surface area (Å²) < 4.78 is 82.9. The summed E-state index contributed by atoms with van der Waals surface area (Å²) >= 11 is 0. The highest BCUT2D eigenvalue weighted by molar-refractivity contribution is 5.70. The molecule has 3 N–H and O–H groups in total. The molecule has 1 aromatic rings. The first-order chi connectivity index (χ1) is 12.4. The molecule has 154 valence electrons. The van der Waals surface area contributed by atoms with E-state index in [2.05, 4.69) is 9.47 Å². The van der Waals surface area contributed by atoms with Crippen LogP contribution in [0.25, 0.3) is 0 Å². The summed E-state index contributed by atoms with van der Waals surface area (Å²) in [5.41, 5.74) is 5.20. The maximum atomic E-state index is 12.7. The molecular weight excluding hydrogens is 384 g/mol. The Bertz CT molecular complexity index is 632. The van der Waals surface area contributed by atoms with Crippen molar-refractivity contribution < 1.29 is 45.7 Å². The summed E-state index contributed by atoms with van der Waals surface area (Å²) in [5, 5.41) is 9.06. The molecule has 27 heavy (non-hydrogen) atoms. The number of alkyl halides is 6. The lowest BCUT2D eigenvalue weighted by molar-refractivity contribution is -0.287. The number of carboxylic acid groups (broad SMARTS) is 1. The largest absolute Gasteiger partial charge is 0.573 e. The zero-order valence-electron chi connectivity index (χ0n) is 14.2. The van der Waals surface area contributed by atoms with E-state index in [1.165, 1.54) is 6.07 Å². The SMILES string of the molecule is CCC(Cc1cccc(OC(F)(F)F)c1OC(F)(F)F)CC(CN)C(=O)O. The van der Waals surface area contributed by atoms with Gasteiger partial charge in [0.05, 0.1) is 5.92 Å². The van der Waals surface area contributed by atoms with Crippen molar-refractivity contribution in [2.75, 3.05) is 6.54 Å². The maximum absolute atomic E-state index is 12.7. The third kappa shape index (κ3) is 7.94. The number of hydrogen-bond donors (Lipinski definition) is 2. The summed E-state index contributed by atoms with van der Waals surface area (Å²) in [6, 6.07) is 2.98. The summed E-state index contributed by atoms with van der Waals surface area (Å²) in [6.07, 6.45) is -10.2. The van der Waals surface area contributed by atoms with E-state index in [0.29, 0.717) is 12.5 Å². The van der Waals surface area contributed by atoms with Gasteiger partial charge in [0.1, 0.15) is 0 Å². The van der Waals surface area contributed by atoms with Crippen LogP contribution in [0.5, 0.6) is 11.5 Å². The zero-order chi connectivity index (χ0) is 20.8. The molecule has 1 rings (SSSR count). The molecule has 0 fully saturated rings. The minimum atomic E-state index is -5.23. The second-order valence-electron chi connectivity index (χ2n) is 5.82. The molecule has 0 saturated heterocycles. The summed E-state index contributed by atoms with van der Waals surface area (Å²) in [6.45, 7) is 1.51. The number of ether oxygens (including phenoxy) is 2. The Kier molecular flexibility index (Phi) is 7.76. The van der Waals surface area contributed by atoms with Gasteiger partial charge in [-0.2, -0.15) is 0 Å². The fraction of sp³-hybridized carbons (Fsp3) is 0.562. The van der Waals surface area contributed by atoms with Gasteiger partial charge in [-0.3, -0.25) is 4.79 Å². The molecule has 0 heterocycles. The van der Waals surface area contributed by atoms with Crippen molar-refractivity contribution in [3.63, 3.8) is 0 Å². The molecule has 0 radical (unpaired) electrons. The highest BCUT2D eigenvalue weighted by Gasteiger charge is 2.38. The van der Waals surface area contributed by atoms with E-state index in [1.807, 2.05) is 0 Å². The average Bonchev–Trinajstić information content (AvgIpc) is 2.51. The quantitative estimate of drug-likeness (QED) is 0.607. The second-order valence-corrected chi connectivity index (χ2v) is 5.82. The first-order valence-electron chi connectivity index (χ1n) is 7.92. The summed E-state index contributed by atoms with van der Waals surface area (Å²) in [4.78, 5) is 11.1. The zero-order valence-corrected chi connectivity index (χ0v) is 14.2. The van der Waals surface area contributed by atoms with Gasteiger partial charge < -0.3 is 20.3 Å². The predicted octanol–water partition coefficient (Wildman–Crippen LogP) is 4.10. The molecule has 0 aliphatic carbocycles. The summed E-state index contributed by atoms with van der Waals surface area (Å²) in [7, 11) is 0. The number of benzene rings is 1. The molecule has 0 aliphatic heterocycles. The lowest BCUT2D eigenvalue weighted by atomic mass is 9.87. The number of aliphatic carboxylic acids is 1. The number of carboxylic acids is 1. The Hall–Kier alpha value is -2.17. The van der Waals surface area contributed by atoms with Crippen molar-refractivity contribution in [2.45, 2.75) is 38.9 Å². The molecule has 0 saturated carbocycles. The standard InChI is InChI=1S/C16H19F6NO4/c1-2-9(7-11(8-23)14(24)25)6-10-4-3-5-12(26-15(17,18)19)13(10)27-16(20,21)22/h3-5,9,11H,2,6-8,23H2,1H3,(H,24,25). The smallest absolute Gasteiger partial charge is 0.481 e. The Labute approximate surface area is 151 Å². The third-order valence-corrected chi connectivity index (χ3v) is 3.84. The molecule has 5 nitrogen and oxygen atoms in total. The van der Waals surface area contributed by atoms with Crippen LogP contribution in [0.4, 0.5) is 26.3 Å². The normalized spacial score (nSPS) is 14.5. The van der Waals surface area contributed by atoms with Gasteiger partial charge in [0, 0.05) is 6.54 Å². The van der Waals surface area contributed by atoms with E-state index in [-0.39, 0.29) is 24.9 Å². The van der Waals surface area contributed by atoms with E-state index in [1.54, 1.807) is 6.92 Å². The maximum Gasteiger partial charge on any atom is 0.573 e. The van der Waals surface area contributed by atoms with Gasteiger partial charge in [-0.25, -0.2) is 0 Å². The molecule has 0 bridgehead atoms. The lowest BCUT2D eigenvalue weighted by Crippen LogP contribution is -2.26. The van der Waals surface area contributed by atoms with E-state index < -0.39 is 42.0 Å². The van der Waals surface area contributed by atoms with Crippen molar-refractivity contribution in [3.05, 3.63) is 23.8 Å². The van der Waals surface area contributed by atoms with Gasteiger partial charge >= 0.3 is 18.7 Å². The first-order valence-corrected chi connectivity index (χ1v) is 7.92. The van der Waals surface area contributed by atoms with Crippen LogP contribution in [0.2, 0.25) is 0 Å². The van der Waals surface area contributed by atoms with E-state index in [9.17, 15) is 31.1 Å². The average molecular weight is 403 g/mol. The van der Waals surface area contributed by atoms with Crippen LogP contribution in [0.1, 0.15) is 25.3 Å². The number of nitrogens with two attached hydrogens (primary N) is 1. The van der Waals surface area contributed by atoms with Crippen LogP contribution in [0.3, 0.4) is 0 Å². The summed E-state index contributed by atoms with van der Waals surface area (Å²) in [5.74, 6) is -4.74. The Balaban J connectivity index is 3.20. The highest BCUT2D eigenvalue weighted by atomic mass is 19.4. The van der Waals surface area contributed by atoms with Crippen LogP contribution < -0.4 is 15.2 Å². The van der Waals surface area contributed by atoms with E-state index >= 15 is 0 Å². The number of carbonyl (C=O) groups is 1. The molecule has 0 aliphatic rings. The fourth-order valence-corrected chi connectivity index (χ4v) is 2.56. The minimum Gasteiger partial charge on any atom is -0.481 e. The second kappa shape index (κ2) is 9.16. The van der Waals surface area contributed by atoms with Crippen molar-refractivity contribution in [2.24, 2.45) is 17.6 Å². The van der Waals surface area contributed by atoms with Crippen molar-refractivity contribution in [3.8, 4) is 11.5 Å². The van der Waals surface area contributed by atoms with E-state index in [4.69, 9.17) is 10.8 Å². The highest BCUT2D eigenvalue weighted by Crippen LogP contribution is 2.40. The Morgan fingerprint density at radius 3 is 2.19 bits per heavy atom. The van der Waals surface area contributed by atoms with Gasteiger partial charge in [-0.15, -0.1) is 26.3 Å². The molecule has 0 spiro atoms. The first kappa shape index (κ1) is 22.9. The fourth-order valence-electron chi connectivity index (χ4n) is 2.56. The van der Waals surface area contributed by atoms with Crippen LogP contribution in [0, 0.1) is 11.8 Å². The van der Waals surface area contributed by atoms with Gasteiger partial charge in [-0.05, 0) is 30.4 Å². The predicted molar refractivity (Wildman–Crippen MR) is 82.1 cm³/mol. The molecular formula is C16H19F6NO4. The van der Waals surface area contributed by atoms with Crippen molar-refractivity contribution >= 4 is 5.97 Å². The molecule has 1 aromatic carbocycles. The number of rotatable bonds is 9. The van der Waals surface area contributed by atoms with E-state index in [0.717, 1.165) is 6.07 Å². The topological polar surface area (TPSA) is 81.8 Å². The monoisotopic (exact) mass is 403 g/mol. The lowest BCUT2D eigenvalue weighted by Gasteiger charge is -2.22. The van der Waals surface area contributed by atoms with Crippen LogP contribution in [0.15, 0.2) is 18.2 Å². The molecule has 2 unspecified atom stereocenters. The number of hydrogen-bond acceptors (Lipinski definition) is 4. The van der Waals surface area contributed by atoms with Crippen molar-refractivity contribution in [1.29, 1.82) is 0 Å². The van der Waals surface area contributed by atoms with Crippen LogP contribution in [-0.4, -0.2) is 30.3 Å². The third-order valence-electron chi connectivity index (χ3n) is 3.84. The number of para-hydroxylation sites is 1. The van der Waals surface area contributed by atoms with Gasteiger partial charge in [0.25, 0.3) is 0 Å². The Morgan fingerprint density at radius 1 is 1.15 bits per heavy atom. The molecule has 11 heteroatoms. The van der Waals surface area contributed by atoms with Crippen molar-refractivity contribution in [1.82, 2.24) is 0 Å². The van der Waals surface area contributed by atoms with Gasteiger partial charge in [0.2, 0.25) is 0 Å². The Morgan fingerprint density at radius 2 is 1.74 bits per heavy atom. The number of halogens is 6. The van der Waals surface area contributed by atoms with Gasteiger partial charge in [-0.1, -0.05) is 25.5 Å². The van der Waals surface area contributed by atoms with Crippen LogP contribution in [-0.2, 0) is 11.2 Å².